The van der Waals surface area contributed by atoms with Crippen molar-refractivity contribution in [2.45, 2.75) is 17.2 Å². The van der Waals surface area contributed by atoms with Crippen LogP contribution in [0.1, 0.15) is 10.6 Å². The molecule has 7 heteroatoms. The number of aromatic nitrogens is 1. The highest BCUT2D eigenvalue weighted by Gasteiger charge is 2.16. The van der Waals surface area contributed by atoms with Crippen molar-refractivity contribution < 1.29 is 8.42 Å². The van der Waals surface area contributed by atoms with Crippen molar-refractivity contribution >= 4 is 21.4 Å². The van der Waals surface area contributed by atoms with Crippen molar-refractivity contribution in [3.63, 3.8) is 0 Å². The van der Waals surface area contributed by atoms with Gasteiger partial charge >= 0.3 is 0 Å². The molecule has 0 atom stereocenters. The number of hydrogen-bond donors (Lipinski definition) is 2. The summed E-state index contributed by atoms with van der Waals surface area (Å²) in [7, 11) is -1.58. The van der Waals surface area contributed by atoms with E-state index in [2.05, 4.69) is 15.0 Å². The predicted molar refractivity (Wildman–Crippen MR) is 80.2 cm³/mol. The minimum Gasteiger partial charge on any atom is -0.319 e. The Kier molecular flexibility index (Phi) is 5.24. The number of hydrogen-bond acceptors (Lipinski definition) is 5. The lowest BCUT2D eigenvalue weighted by molar-refractivity contribution is 0.582. The van der Waals surface area contributed by atoms with Crippen LogP contribution >= 0.6 is 11.3 Å². The normalized spacial score (nSPS) is 11.7. The second kappa shape index (κ2) is 6.94. The molecule has 2 N–H and O–H groups in total. The molecule has 2 aromatic heterocycles. The first-order valence-electron chi connectivity index (χ1n) is 6.25. The summed E-state index contributed by atoms with van der Waals surface area (Å²) in [5.74, 6) is 0. The van der Waals surface area contributed by atoms with Crippen LogP contribution in [0.3, 0.4) is 0 Å². The first-order chi connectivity index (χ1) is 9.62. The van der Waals surface area contributed by atoms with Crippen molar-refractivity contribution in [1.82, 2.24) is 15.0 Å². The third-order valence-electron chi connectivity index (χ3n) is 2.69. The number of thiophene rings is 1. The van der Waals surface area contributed by atoms with Crippen LogP contribution in [-0.4, -0.2) is 27.0 Å². The van der Waals surface area contributed by atoms with E-state index >= 15 is 0 Å². The van der Waals surface area contributed by atoms with Gasteiger partial charge in [-0.25, -0.2) is 13.1 Å². The topological polar surface area (TPSA) is 71.1 Å². The standard InChI is InChI=1S/C13H17N3O2S2/c1-14-9-7-12-5-6-13(19-12)20(17,18)16-10-11-4-2-3-8-15-11/h2-6,8,14,16H,7,9-10H2,1H3. The summed E-state index contributed by atoms with van der Waals surface area (Å²) in [6.07, 6.45) is 2.47. The Labute approximate surface area is 123 Å². The largest absolute Gasteiger partial charge is 0.319 e. The number of pyridine rings is 1. The predicted octanol–water partition coefficient (Wildman–Crippen LogP) is 1.38. The van der Waals surface area contributed by atoms with Crippen LogP contribution < -0.4 is 10.0 Å². The Morgan fingerprint density at radius 3 is 2.80 bits per heavy atom. The van der Waals surface area contributed by atoms with Gasteiger partial charge < -0.3 is 5.32 Å². The first-order valence-corrected chi connectivity index (χ1v) is 8.54. The van der Waals surface area contributed by atoms with Gasteiger partial charge in [-0.05, 0) is 44.3 Å². The van der Waals surface area contributed by atoms with Crippen LogP contribution in [0, 0.1) is 0 Å². The highest BCUT2D eigenvalue weighted by atomic mass is 32.2. The van der Waals surface area contributed by atoms with Crippen molar-refractivity contribution in [2.75, 3.05) is 13.6 Å². The minimum absolute atomic E-state index is 0.201. The lowest BCUT2D eigenvalue weighted by Crippen LogP contribution is -2.22. The maximum atomic E-state index is 12.1. The van der Waals surface area contributed by atoms with Gasteiger partial charge in [0.15, 0.2) is 0 Å². The van der Waals surface area contributed by atoms with Crippen LogP contribution in [-0.2, 0) is 23.0 Å². The molecule has 0 amide bonds. The SMILES string of the molecule is CNCCc1ccc(S(=O)(=O)NCc2ccccn2)s1. The molecule has 108 valence electrons. The quantitative estimate of drug-likeness (QED) is 0.810. The summed E-state index contributed by atoms with van der Waals surface area (Å²) in [5, 5.41) is 3.04. The summed E-state index contributed by atoms with van der Waals surface area (Å²) in [6, 6.07) is 8.92. The third-order valence-corrected chi connectivity index (χ3v) is 5.73. The molecule has 20 heavy (non-hydrogen) atoms. The van der Waals surface area contributed by atoms with E-state index in [-0.39, 0.29) is 6.54 Å². The zero-order chi connectivity index (χ0) is 14.4. The second-order valence-electron chi connectivity index (χ2n) is 4.22. The zero-order valence-electron chi connectivity index (χ0n) is 11.2. The average Bonchev–Trinajstić information content (AvgIpc) is 2.94. The maximum Gasteiger partial charge on any atom is 0.250 e. The molecule has 0 saturated heterocycles. The van der Waals surface area contributed by atoms with Crippen molar-refractivity contribution in [2.24, 2.45) is 0 Å². The van der Waals surface area contributed by atoms with E-state index in [1.807, 2.05) is 19.2 Å². The van der Waals surface area contributed by atoms with E-state index in [9.17, 15) is 8.42 Å². The summed E-state index contributed by atoms with van der Waals surface area (Å²) >= 11 is 1.30. The van der Waals surface area contributed by atoms with Crippen molar-refractivity contribution in [1.29, 1.82) is 0 Å². The average molecular weight is 311 g/mol. The number of rotatable bonds is 7. The van der Waals surface area contributed by atoms with Gasteiger partial charge in [0.2, 0.25) is 10.0 Å². The van der Waals surface area contributed by atoms with Crippen LogP contribution in [0.2, 0.25) is 0 Å². The highest BCUT2D eigenvalue weighted by molar-refractivity contribution is 7.91. The molecule has 0 aromatic carbocycles. The molecular weight excluding hydrogens is 294 g/mol. The zero-order valence-corrected chi connectivity index (χ0v) is 12.8. The Morgan fingerprint density at radius 2 is 2.10 bits per heavy atom. The van der Waals surface area contributed by atoms with E-state index in [0.717, 1.165) is 17.8 Å². The first kappa shape index (κ1) is 15.1. The van der Waals surface area contributed by atoms with Gasteiger partial charge in [-0.3, -0.25) is 4.98 Å². The van der Waals surface area contributed by atoms with Gasteiger partial charge in [0.1, 0.15) is 4.21 Å². The molecule has 0 spiro atoms. The molecule has 2 aromatic rings. The molecule has 2 heterocycles. The van der Waals surface area contributed by atoms with Gasteiger partial charge in [0.25, 0.3) is 0 Å². The minimum atomic E-state index is -3.45. The van der Waals surface area contributed by atoms with Crippen molar-refractivity contribution in [3.05, 3.63) is 47.1 Å². The maximum absolute atomic E-state index is 12.1. The van der Waals surface area contributed by atoms with Gasteiger partial charge in [0, 0.05) is 11.1 Å². The molecule has 0 aliphatic carbocycles. The van der Waals surface area contributed by atoms with Gasteiger partial charge in [0.05, 0.1) is 12.2 Å². The second-order valence-corrected chi connectivity index (χ2v) is 7.38. The van der Waals surface area contributed by atoms with Crippen LogP contribution in [0.25, 0.3) is 0 Å². The van der Waals surface area contributed by atoms with E-state index in [0.29, 0.717) is 9.90 Å². The molecule has 0 saturated carbocycles. The summed E-state index contributed by atoms with van der Waals surface area (Å²) < 4.78 is 27.2. The molecule has 0 unspecified atom stereocenters. The fraction of sp³-hybridized carbons (Fsp3) is 0.308. The molecule has 2 rings (SSSR count). The van der Waals surface area contributed by atoms with E-state index < -0.39 is 10.0 Å². The summed E-state index contributed by atoms with van der Waals surface area (Å²) in [6.45, 7) is 1.04. The Morgan fingerprint density at radius 1 is 1.25 bits per heavy atom. The molecule has 5 nitrogen and oxygen atoms in total. The summed E-state index contributed by atoms with van der Waals surface area (Å²) in [5.41, 5.74) is 0.697. The van der Waals surface area contributed by atoms with E-state index in [4.69, 9.17) is 0 Å². The molecule has 0 aliphatic rings. The van der Waals surface area contributed by atoms with Gasteiger partial charge in [-0.2, -0.15) is 0 Å². The molecular formula is C13H17N3O2S2. The van der Waals surface area contributed by atoms with Crippen LogP contribution in [0.5, 0.6) is 0 Å². The lowest BCUT2D eigenvalue weighted by atomic mass is 10.3. The van der Waals surface area contributed by atoms with Gasteiger partial charge in [-0.1, -0.05) is 6.07 Å². The fourth-order valence-corrected chi connectivity index (χ4v) is 4.03. The Bertz CT molecular complexity index is 639. The number of likely N-dealkylation sites (N-methyl/N-ethyl adjacent to an activating group) is 1. The highest BCUT2D eigenvalue weighted by Crippen LogP contribution is 2.21. The molecule has 0 fully saturated rings. The van der Waals surface area contributed by atoms with Crippen LogP contribution in [0.4, 0.5) is 0 Å². The lowest BCUT2D eigenvalue weighted by Gasteiger charge is -2.04. The Balaban J connectivity index is 2.01. The Hall–Kier alpha value is -1.28. The van der Waals surface area contributed by atoms with Gasteiger partial charge in [-0.15, -0.1) is 11.3 Å². The van der Waals surface area contributed by atoms with E-state index in [1.165, 1.54) is 11.3 Å². The van der Waals surface area contributed by atoms with Crippen LogP contribution in [0.15, 0.2) is 40.7 Å². The summed E-state index contributed by atoms with van der Waals surface area (Å²) in [4.78, 5) is 5.14. The number of nitrogens with one attached hydrogen (secondary N) is 2. The van der Waals surface area contributed by atoms with E-state index in [1.54, 1.807) is 24.4 Å². The molecule has 0 bridgehead atoms. The fourth-order valence-electron chi connectivity index (χ4n) is 1.63. The number of nitrogens with zero attached hydrogens (tertiary/aromatic N) is 1. The molecule has 0 aliphatic heterocycles. The third kappa shape index (κ3) is 4.11. The smallest absolute Gasteiger partial charge is 0.250 e. The van der Waals surface area contributed by atoms with Crippen molar-refractivity contribution in [3.8, 4) is 0 Å². The number of sulfonamides is 1. The monoisotopic (exact) mass is 311 g/mol. The molecule has 0 radical (unpaired) electrons.